The van der Waals surface area contributed by atoms with Crippen LogP contribution in [0, 0.1) is 6.92 Å². The van der Waals surface area contributed by atoms with Crippen LogP contribution in [0.4, 0.5) is 0 Å². The number of rotatable bonds is 8. The molecule has 34 heavy (non-hydrogen) atoms. The number of ether oxygens (including phenoxy) is 1. The highest BCUT2D eigenvalue weighted by atomic mass is 16.6. The lowest BCUT2D eigenvalue weighted by molar-refractivity contribution is -0.157. The lowest BCUT2D eigenvalue weighted by atomic mass is 10.00. The molecule has 0 fully saturated rings. The van der Waals surface area contributed by atoms with Crippen molar-refractivity contribution in [2.75, 3.05) is 0 Å². The van der Waals surface area contributed by atoms with Crippen LogP contribution in [0.2, 0.25) is 0 Å². The van der Waals surface area contributed by atoms with Crippen LogP contribution in [0.15, 0.2) is 54.6 Å². The van der Waals surface area contributed by atoms with E-state index in [-0.39, 0.29) is 18.9 Å². The van der Waals surface area contributed by atoms with E-state index in [1.165, 1.54) is 5.56 Å². The second kappa shape index (κ2) is 10.6. The quantitative estimate of drug-likeness (QED) is 0.399. The standard InChI is InChI=1S/C29H37NO4/c1-19(2)30-25-10-8-7-9-24(25)28(21-13-11-20(3)12-14-21)26(30)16-15-22(31)17-23(32)18-27(33)34-29(4,5)6/h7-16,19,22-23,31-32H,17-18H2,1-6H3/b16-15+/t22-,23-/m1/s1. The van der Waals surface area contributed by atoms with Gasteiger partial charge >= 0.3 is 5.97 Å². The van der Waals surface area contributed by atoms with Crippen molar-refractivity contribution in [3.8, 4) is 11.1 Å². The van der Waals surface area contributed by atoms with Crippen LogP contribution in [0.25, 0.3) is 28.1 Å². The molecule has 0 aliphatic carbocycles. The molecular formula is C29H37NO4. The first-order valence-corrected chi connectivity index (χ1v) is 11.9. The molecule has 0 radical (unpaired) electrons. The number of para-hydroxylation sites is 1. The van der Waals surface area contributed by atoms with Crippen LogP contribution in [0.5, 0.6) is 0 Å². The second-order valence-corrected chi connectivity index (χ2v) is 10.2. The number of carbonyl (C=O) groups excluding carboxylic acids is 1. The molecule has 0 saturated carbocycles. The highest BCUT2D eigenvalue weighted by molar-refractivity contribution is 6.01. The van der Waals surface area contributed by atoms with E-state index in [9.17, 15) is 15.0 Å². The van der Waals surface area contributed by atoms with Crippen molar-refractivity contribution in [1.29, 1.82) is 0 Å². The van der Waals surface area contributed by atoms with Gasteiger partial charge in [-0.05, 0) is 59.2 Å². The molecule has 2 aromatic carbocycles. The van der Waals surface area contributed by atoms with Crippen LogP contribution in [0.1, 0.15) is 64.8 Å². The third-order valence-electron chi connectivity index (χ3n) is 5.62. The van der Waals surface area contributed by atoms with E-state index in [4.69, 9.17) is 4.74 Å². The molecule has 0 amide bonds. The molecule has 0 bridgehead atoms. The Labute approximate surface area is 202 Å². The fourth-order valence-electron chi connectivity index (χ4n) is 4.25. The third kappa shape index (κ3) is 6.37. The minimum atomic E-state index is -0.984. The van der Waals surface area contributed by atoms with Crippen LogP contribution in [-0.4, -0.2) is 38.6 Å². The van der Waals surface area contributed by atoms with Crippen molar-refractivity contribution in [3.63, 3.8) is 0 Å². The molecule has 2 atom stereocenters. The van der Waals surface area contributed by atoms with Gasteiger partial charge in [0.15, 0.2) is 0 Å². The summed E-state index contributed by atoms with van der Waals surface area (Å²) in [7, 11) is 0. The number of aromatic nitrogens is 1. The molecule has 0 spiro atoms. The van der Waals surface area contributed by atoms with E-state index in [1.807, 2.05) is 18.2 Å². The first kappa shape index (κ1) is 25.7. The van der Waals surface area contributed by atoms with Gasteiger partial charge in [0, 0.05) is 34.6 Å². The topological polar surface area (TPSA) is 71.7 Å². The summed E-state index contributed by atoms with van der Waals surface area (Å²) in [5.41, 5.74) is 4.95. The smallest absolute Gasteiger partial charge is 0.308 e. The number of hydrogen-bond donors (Lipinski definition) is 2. The van der Waals surface area contributed by atoms with Crippen molar-refractivity contribution < 1.29 is 19.7 Å². The van der Waals surface area contributed by atoms with Gasteiger partial charge in [0.1, 0.15) is 5.60 Å². The first-order chi connectivity index (χ1) is 16.0. The van der Waals surface area contributed by atoms with E-state index >= 15 is 0 Å². The maximum absolute atomic E-state index is 12.0. The largest absolute Gasteiger partial charge is 0.460 e. The predicted octanol–water partition coefficient (Wildman–Crippen LogP) is 6.05. The minimum Gasteiger partial charge on any atom is -0.460 e. The highest BCUT2D eigenvalue weighted by Gasteiger charge is 2.22. The Balaban J connectivity index is 1.91. The summed E-state index contributed by atoms with van der Waals surface area (Å²) < 4.78 is 7.53. The fourth-order valence-corrected chi connectivity index (χ4v) is 4.25. The summed E-state index contributed by atoms with van der Waals surface area (Å²) in [5, 5.41) is 22.1. The molecule has 0 saturated heterocycles. The Hall–Kier alpha value is -2.89. The molecule has 0 aliphatic heterocycles. The summed E-state index contributed by atoms with van der Waals surface area (Å²) in [6.07, 6.45) is 1.65. The second-order valence-electron chi connectivity index (χ2n) is 10.2. The summed E-state index contributed by atoms with van der Waals surface area (Å²) in [5.74, 6) is -0.474. The predicted molar refractivity (Wildman–Crippen MR) is 139 cm³/mol. The van der Waals surface area contributed by atoms with Crippen molar-refractivity contribution >= 4 is 22.9 Å². The fraction of sp³-hybridized carbons (Fsp3) is 0.414. The number of esters is 1. The number of carbonyl (C=O) groups is 1. The van der Waals surface area contributed by atoms with Gasteiger partial charge < -0.3 is 19.5 Å². The molecule has 182 valence electrons. The SMILES string of the molecule is Cc1ccc(-c2c(/C=C/[C@@H](O)C[C@@H](O)CC(=O)OC(C)(C)C)n(C(C)C)c3ccccc23)cc1. The first-order valence-electron chi connectivity index (χ1n) is 11.9. The number of benzene rings is 2. The zero-order valence-corrected chi connectivity index (χ0v) is 21.1. The van der Waals surface area contributed by atoms with Gasteiger partial charge in [0.05, 0.1) is 18.6 Å². The van der Waals surface area contributed by atoms with E-state index in [0.717, 1.165) is 27.7 Å². The Bertz CT molecular complexity index is 1150. The molecule has 5 nitrogen and oxygen atoms in total. The Morgan fingerprint density at radius 3 is 2.32 bits per heavy atom. The average molecular weight is 464 g/mol. The number of nitrogens with zero attached hydrogens (tertiary/aromatic N) is 1. The zero-order valence-electron chi connectivity index (χ0n) is 21.1. The molecule has 1 heterocycles. The van der Waals surface area contributed by atoms with Gasteiger partial charge in [-0.2, -0.15) is 0 Å². The van der Waals surface area contributed by atoms with Crippen molar-refractivity contribution in [2.45, 2.75) is 78.2 Å². The van der Waals surface area contributed by atoms with E-state index in [0.29, 0.717) is 0 Å². The van der Waals surface area contributed by atoms with E-state index in [2.05, 4.69) is 61.7 Å². The Kier molecular flexibility index (Phi) is 8.01. The number of aryl methyl sites for hydroxylation is 1. The molecule has 2 N–H and O–H groups in total. The monoisotopic (exact) mass is 463 g/mol. The average Bonchev–Trinajstić information content (AvgIpc) is 3.05. The molecule has 0 aliphatic rings. The van der Waals surface area contributed by atoms with Crippen LogP contribution >= 0.6 is 0 Å². The molecule has 3 aromatic rings. The van der Waals surface area contributed by atoms with Gasteiger partial charge in [-0.3, -0.25) is 4.79 Å². The highest BCUT2D eigenvalue weighted by Crippen LogP contribution is 2.38. The molecule has 0 unspecified atom stereocenters. The Morgan fingerprint density at radius 1 is 1.06 bits per heavy atom. The van der Waals surface area contributed by atoms with Gasteiger partial charge in [-0.15, -0.1) is 0 Å². The van der Waals surface area contributed by atoms with E-state index in [1.54, 1.807) is 26.8 Å². The normalized spacial score (nSPS) is 14.1. The number of aliphatic hydroxyl groups is 2. The van der Waals surface area contributed by atoms with Crippen LogP contribution in [0.3, 0.4) is 0 Å². The van der Waals surface area contributed by atoms with Gasteiger partial charge in [-0.1, -0.05) is 54.1 Å². The molecule has 1 aromatic heterocycles. The van der Waals surface area contributed by atoms with Crippen LogP contribution in [-0.2, 0) is 9.53 Å². The third-order valence-corrected chi connectivity index (χ3v) is 5.62. The van der Waals surface area contributed by atoms with Crippen molar-refractivity contribution in [3.05, 3.63) is 65.9 Å². The van der Waals surface area contributed by atoms with Gasteiger partial charge in [-0.25, -0.2) is 0 Å². The lowest BCUT2D eigenvalue weighted by Crippen LogP contribution is -2.27. The summed E-state index contributed by atoms with van der Waals surface area (Å²) in [6.45, 7) is 11.7. The van der Waals surface area contributed by atoms with Gasteiger partial charge in [0.25, 0.3) is 0 Å². The summed E-state index contributed by atoms with van der Waals surface area (Å²) >= 11 is 0. The van der Waals surface area contributed by atoms with Crippen molar-refractivity contribution in [2.24, 2.45) is 0 Å². The van der Waals surface area contributed by atoms with Gasteiger partial charge in [0.2, 0.25) is 0 Å². The molecule has 3 rings (SSSR count). The molecular weight excluding hydrogens is 426 g/mol. The minimum absolute atomic E-state index is 0.0531. The zero-order chi connectivity index (χ0) is 25.0. The summed E-state index contributed by atoms with van der Waals surface area (Å²) in [6, 6.07) is 17.0. The lowest BCUT2D eigenvalue weighted by Gasteiger charge is -2.21. The Morgan fingerprint density at radius 2 is 1.71 bits per heavy atom. The number of hydrogen-bond acceptors (Lipinski definition) is 4. The number of aliphatic hydroxyl groups excluding tert-OH is 2. The number of fused-ring (bicyclic) bond motifs is 1. The van der Waals surface area contributed by atoms with Crippen LogP contribution < -0.4 is 0 Å². The van der Waals surface area contributed by atoms with Crippen molar-refractivity contribution in [1.82, 2.24) is 4.57 Å². The maximum atomic E-state index is 12.0. The molecule has 5 heteroatoms. The van der Waals surface area contributed by atoms with E-state index < -0.39 is 23.8 Å². The summed E-state index contributed by atoms with van der Waals surface area (Å²) in [4.78, 5) is 12.0. The maximum Gasteiger partial charge on any atom is 0.308 e.